The molecule has 3 aromatic carbocycles. The highest BCUT2D eigenvalue weighted by Crippen LogP contribution is 2.32. The van der Waals surface area contributed by atoms with Crippen LogP contribution in [0, 0.1) is 6.92 Å². The Kier molecular flexibility index (Phi) is 5.59. The number of carboxylic acid groups (broad SMARTS) is 1. The molecule has 0 saturated carbocycles. The molecule has 5 heteroatoms. The largest absolute Gasteiger partial charge is 0.465 e. The summed E-state index contributed by atoms with van der Waals surface area (Å²) in [7, 11) is 0. The molecule has 3 rings (SSSR count). The van der Waals surface area contributed by atoms with Gasteiger partial charge in [-0.1, -0.05) is 66.7 Å². The van der Waals surface area contributed by atoms with Gasteiger partial charge in [0.05, 0.1) is 5.69 Å². The lowest BCUT2D eigenvalue weighted by molar-refractivity contribution is -0.122. The van der Waals surface area contributed by atoms with Gasteiger partial charge in [0, 0.05) is 10.9 Å². The summed E-state index contributed by atoms with van der Waals surface area (Å²) in [6.45, 7) is 7.28. The second kappa shape index (κ2) is 7.95. The standard InChI is InChI=1S/C24H26N2O3/c1-16-14-15-17-10-8-9-13-19(17)20(16)25-22(27)21(18-11-6-5-7-12-18)26(23(28)29)24(2,3)4/h5-15,21H,1-4H3,(H,25,27)(H,28,29). The number of amides is 2. The van der Waals surface area contributed by atoms with Gasteiger partial charge in [-0.15, -0.1) is 0 Å². The maximum absolute atomic E-state index is 13.5. The molecule has 2 amide bonds. The van der Waals surface area contributed by atoms with Gasteiger partial charge in [-0.3, -0.25) is 9.69 Å². The molecule has 1 atom stereocenters. The van der Waals surface area contributed by atoms with Crippen LogP contribution in [0.1, 0.15) is 37.9 Å². The molecule has 150 valence electrons. The normalized spacial score (nSPS) is 12.4. The van der Waals surface area contributed by atoms with E-state index >= 15 is 0 Å². The van der Waals surface area contributed by atoms with E-state index in [9.17, 15) is 14.7 Å². The van der Waals surface area contributed by atoms with Crippen molar-refractivity contribution in [2.24, 2.45) is 0 Å². The van der Waals surface area contributed by atoms with Crippen LogP contribution in [0.3, 0.4) is 0 Å². The Hall–Kier alpha value is -3.34. The van der Waals surface area contributed by atoms with Crippen LogP contribution in [0.15, 0.2) is 66.7 Å². The van der Waals surface area contributed by atoms with E-state index < -0.39 is 17.7 Å². The van der Waals surface area contributed by atoms with Crippen molar-refractivity contribution in [3.8, 4) is 0 Å². The third-order valence-corrected chi connectivity index (χ3v) is 4.94. The predicted octanol–water partition coefficient (Wildman–Crippen LogP) is 5.61. The van der Waals surface area contributed by atoms with Crippen LogP contribution >= 0.6 is 0 Å². The molecule has 3 aromatic rings. The first-order chi connectivity index (χ1) is 13.7. The number of nitrogens with one attached hydrogen (secondary N) is 1. The van der Waals surface area contributed by atoms with Gasteiger partial charge in [0.1, 0.15) is 6.04 Å². The van der Waals surface area contributed by atoms with E-state index in [-0.39, 0.29) is 5.91 Å². The van der Waals surface area contributed by atoms with Crippen molar-refractivity contribution in [3.05, 3.63) is 77.9 Å². The van der Waals surface area contributed by atoms with Crippen molar-refractivity contribution in [2.45, 2.75) is 39.3 Å². The fraction of sp³-hybridized carbons (Fsp3) is 0.250. The number of carbonyl (C=O) groups excluding carboxylic acids is 1. The van der Waals surface area contributed by atoms with E-state index in [1.165, 1.54) is 4.90 Å². The first kappa shape index (κ1) is 20.4. The number of carbonyl (C=O) groups is 2. The van der Waals surface area contributed by atoms with Crippen LogP contribution in [-0.4, -0.2) is 27.5 Å². The van der Waals surface area contributed by atoms with Crippen LogP contribution in [0.5, 0.6) is 0 Å². The molecule has 0 fully saturated rings. The molecule has 29 heavy (non-hydrogen) atoms. The summed E-state index contributed by atoms with van der Waals surface area (Å²) in [5, 5.41) is 14.9. The maximum Gasteiger partial charge on any atom is 0.408 e. The minimum absolute atomic E-state index is 0.382. The Morgan fingerprint density at radius 3 is 2.17 bits per heavy atom. The zero-order chi connectivity index (χ0) is 21.2. The van der Waals surface area contributed by atoms with Crippen molar-refractivity contribution in [1.29, 1.82) is 0 Å². The molecule has 0 heterocycles. The summed E-state index contributed by atoms with van der Waals surface area (Å²) in [6.07, 6.45) is -1.14. The van der Waals surface area contributed by atoms with Crippen LogP contribution in [0.4, 0.5) is 10.5 Å². The van der Waals surface area contributed by atoms with Crippen molar-refractivity contribution in [2.75, 3.05) is 5.32 Å². The van der Waals surface area contributed by atoms with Crippen LogP contribution in [-0.2, 0) is 4.79 Å². The van der Waals surface area contributed by atoms with Gasteiger partial charge in [0.2, 0.25) is 0 Å². The average Bonchev–Trinajstić information content (AvgIpc) is 2.67. The van der Waals surface area contributed by atoms with Crippen molar-refractivity contribution in [1.82, 2.24) is 4.90 Å². The number of benzene rings is 3. The van der Waals surface area contributed by atoms with Crippen molar-refractivity contribution in [3.63, 3.8) is 0 Å². The first-order valence-electron chi connectivity index (χ1n) is 9.56. The molecule has 0 aliphatic carbocycles. The van der Waals surface area contributed by atoms with E-state index in [0.29, 0.717) is 11.3 Å². The third-order valence-electron chi connectivity index (χ3n) is 4.94. The van der Waals surface area contributed by atoms with E-state index in [1.807, 2.05) is 61.5 Å². The number of hydrogen-bond acceptors (Lipinski definition) is 2. The highest BCUT2D eigenvalue weighted by molar-refractivity contribution is 6.05. The molecule has 0 saturated heterocycles. The van der Waals surface area contributed by atoms with Crippen LogP contribution in [0.2, 0.25) is 0 Å². The second-order valence-corrected chi connectivity index (χ2v) is 8.10. The Morgan fingerprint density at radius 2 is 1.55 bits per heavy atom. The van der Waals surface area contributed by atoms with Gasteiger partial charge in [-0.25, -0.2) is 4.79 Å². The number of aryl methyl sites for hydroxylation is 1. The fourth-order valence-electron chi connectivity index (χ4n) is 3.58. The molecule has 0 spiro atoms. The molecule has 0 aliphatic heterocycles. The van der Waals surface area contributed by atoms with Gasteiger partial charge in [-0.2, -0.15) is 0 Å². The van der Waals surface area contributed by atoms with E-state index in [1.54, 1.807) is 32.9 Å². The predicted molar refractivity (Wildman–Crippen MR) is 116 cm³/mol. The summed E-state index contributed by atoms with van der Waals surface area (Å²) in [5.41, 5.74) is 1.48. The Morgan fingerprint density at radius 1 is 0.931 bits per heavy atom. The summed E-state index contributed by atoms with van der Waals surface area (Å²) < 4.78 is 0. The van der Waals surface area contributed by atoms with E-state index in [0.717, 1.165) is 16.3 Å². The second-order valence-electron chi connectivity index (χ2n) is 8.10. The van der Waals surface area contributed by atoms with E-state index in [2.05, 4.69) is 5.32 Å². The lowest BCUT2D eigenvalue weighted by Gasteiger charge is -2.39. The van der Waals surface area contributed by atoms with Gasteiger partial charge in [0.15, 0.2) is 0 Å². The molecule has 5 nitrogen and oxygen atoms in total. The fourth-order valence-corrected chi connectivity index (χ4v) is 3.58. The first-order valence-corrected chi connectivity index (χ1v) is 9.56. The van der Waals surface area contributed by atoms with Gasteiger partial charge in [0.25, 0.3) is 5.91 Å². The summed E-state index contributed by atoms with van der Waals surface area (Å²) >= 11 is 0. The topological polar surface area (TPSA) is 69.6 Å². The lowest BCUT2D eigenvalue weighted by Crippen LogP contribution is -2.50. The van der Waals surface area contributed by atoms with Crippen molar-refractivity contribution < 1.29 is 14.7 Å². The SMILES string of the molecule is Cc1ccc2ccccc2c1NC(=O)C(c1ccccc1)N(C(=O)O)C(C)(C)C. The van der Waals surface area contributed by atoms with Crippen LogP contribution in [0.25, 0.3) is 10.8 Å². The third kappa shape index (κ3) is 4.24. The summed E-state index contributed by atoms with van der Waals surface area (Å²) in [6, 6.07) is 19.8. The quantitative estimate of drug-likeness (QED) is 0.609. The van der Waals surface area contributed by atoms with Gasteiger partial charge < -0.3 is 10.4 Å². The average molecular weight is 390 g/mol. The van der Waals surface area contributed by atoms with Gasteiger partial charge >= 0.3 is 6.09 Å². The Balaban J connectivity index is 2.09. The summed E-state index contributed by atoms with van der Waals surface area (Å²) in [4.78, 5) is 26.8. The van der Waals surface area contributed by atoms with Crippen LogP contribution < -0.4 is 5.32 Å². The van der Waals surface area contributed by atoms with E-state index in [4.69, 9.17) is 0 Å². The molecule has 0 aliphatic rings. The Labute approximate surface area is 171 Å². The molecule has 0 radical (unpaired) electrons. The molecular formula is C24H26N2O3. The van der Waals surface area contributed by atoms with Crippen molar-refractivity contribution >= 4 is 28.5 Å². The highest BCUT2D eigenvalue weighted by Gasteiger charge is 2.38. The number of fused-ring (bicyclic) bond motifs is 1. The number of hydrogen-bond donors (Lipinski definition) is 2. The monoisotopic (exact) mass is 390 g/mol. The summed E-state index contributed by atoms with van der Waals surface area (Å²) in [5.74, 6) is -0.382. The molecule has 0 bridgehead atoms. The maximum atomic E-state index is 13.5. The Bertz CT molecular complexity index is 1040. The number of rotatable bonds is 4. The molecule has 2 N–H and O–H groups in total. The smallest absolute Gasteiger partial charge is 0.408 e. The zero-order valence-electron chi connectivity index (χ0n) is 17.1. The number of anilines is 1. The molecule has 1 unspecified atom stereocenters. The number of nitrogens with zero attached hydrogens (tertiary/aromatic N) is 1. The minimum atomic E-state index is -1.14. The molecular weight excluding hydrogens is 364 g/mol. The minimum Gasteiger partial charge on any atom is -0.465 e. The highest BCUT2D eigenvalue weighted by atomic mass is 16.4. The molecule has 0 aromatic heterocycles. The lowest BCUT2D eigenvalue weighted by atomic mass is 9.97. The zero-order valence-corrected chi connectivity index (χ0v) is 17.1. The van der Waals surface area contributed by atoms with Gasteiger partial charge in [-0.05, 0) is 44.2 Å².